The van der Waals surface area contributed by atoms with Gasteiger partial charge in [-0.15, -0.1) is 34.0 Å². The summed E-state index contributed by atoms with van der Waals surface area (Å²) in [5, 5.41) is 10.1. The summed E-state index contributed by atoms with van der Waals surface area (Å²) in [5.74, 6) is 7.46. The van der Waals surface area contributed by atoms with Gasteiger partial charge in [-0.2, -0.15) is 9.36 Å². The van der Waals surface area contributed by atoms with E-state index in [4.69, 9.17) is 17.8 Å². The third-order valence-electron chi connectivity index (χ3n) is 8.24. The molecule has 8 aromatic rings. The molecule has 0 unspecified atom stereocenters. The smallest absolute Gasteiger partial charge is 0.229 e. The van der Waals surface area contributed by atoms with Crippen LogP contribution in [0.15, 0.2) is 89.7 Å². The van der Waals surface area contributed by atoms with Crippen molar-refractivity contribution in [2.75, 3.05) is 0 Å². The van der Waals surface area contributed by atoms with Gasteiger partial charge >= 0.3 is 0 Å². The molecule has 0 bridgehead atoms. The summed E-state index contributed by atoms with van der Waals surface area (Å²) in [6.45, 7) is 63.6. The highest BCUT2D eigenvalue weighted by atomic mass is 32.1. The van der Waals surface area contributed by atoms with Crippen LogP contribution in [0.5, 0.6) is 0 Å². The highest BCUT2D eigenvalue weighted by molar-refractivity contribution is 7.10. The maximum Gasteiger partial charge on any atom is 0.229 e. The molecule has 0 aliphatic carbocycles. The summed E-state index contributed by atoms with van der Waals surface area (Å²) in [5.41, 5.74) is 6.25. The van der Waals surface area contributed by atoms with Crippen molar-refractivity contribution in [2.45, 2.75) is 261 Å². The largest absolute Gasteiger partial charge is 0.451 e. The quantitative estimate of drug-likeness (QED) is 0.147. The monoisotopic (exact) mass is 1180 g/mol. The molecule has 18 heteroatoms. The van der Waals surface area contributed by atoms with E-state index in [-0.39, 0.29) is 5.41 Å². The van der Waals surface area contributed by atoms with Gasteiger partial charge in [0.15, 0.2) is 24.5 Å². The molecule has 0 radical (unpaired) electrons. The lowest BCUT2D eigenvalue weighted by Gasteiger charge is -2.13. The van der Waals surface area contributed by atoms with Gasteiger partial charge in [-0.1, -0.05) is 206 Å². The first kappa shape index (κ1) is 85.5. The van der Waals surface area contributed by atoms with Gasteiger partial charge in [0.1, 0.15) is 29.1 Å². The third-order valence-corrected chi connectivity index (χ3v) is 12.2. The van der Waals surface area contributed by atoms with Gasteiger partial charge in [0, 0.05) is 57.6 Å². The molecule has 8 heterocycles. The molecule has 0 aliphatic rings. The summed E-state index contributed by atoms with van der Waals surface area (Å²) in [6, 6.07) is 0. The Morgan fingerprint density at radius 1 is 0.494 bits per heavy atom. The van der Waals surface area contributed by atoms with E-state index in [2.05, 4.69) is 145 Å². The number of thiazole rings is 3. The number of aromatic nitrogens is 10. The lowest BCUT2D eigenvalue weighted by molar-refractivity contribution is 0.362. The van der Waals surface area contributed by atoms with Gasteiger partial charge in [0.2, 0.25) is 5.89 Å². The molecule has 0 saturated carbocycles. The minimum absolute atomic E-state index is 0.279. The van der Waals surface area contributed by atoms with Gasteiger partial charge in [0.05, 0.1) is 39.8 Å². The molecule has 14 nitrogen and oxygen atoms in total. The zero-order valence-corrected chi connectivity index (χ0v) is 58.5. The van der Waals surface area contributed by atoms with Gasteiger partial charge in [-0.05, 0) is 42.6 Å². The van der Waals surface area contributed by atoms with E-state index in [9.17, 15) is 0 Å². The van der Waals surface area contributed by atoms with Crippen LogP contribution in [0.4, 0.5) is 0 Å². The van der Waals surface area contributed by atoms with E-state index in [0.29, 0.717) is 53.1 Å². The van der Waals surface area contributed by atoms with E-state index >= 15 is 0 Å². The normalized spacial score (nSPS) is 9.49. The van der Waals surface area contributed by atoms with Crippen molar-refractivity contribution in [1.29, 1.82) is 0 Å². The topological polar surface area (TPSA) is 181 Å². The van der Waals surface area contributed by atoms with Gasteiger partial charge in [-0.25, -0.2) is 29.9 Å². The number of aryl methyl sites for hydroxylation is 2. The third kappa shape index (κ3) is 46.7. The van der Waals surface area contributed by atoms with Crippen molar-refractivity contribution < 1.29 is 17.8 Å². The summed E-state index contributed by atoms with van der Waals surface area (Å²) < 4.78 is 23.7. The first-order chi connectivity index (χ1) is 37.5. The van der Waals surface area contributed by atoms with Crippen LogP contribution in [0.25, 0.3) is 0 Å². The molecule has 8 rings (SSSR count). The standard InChI is InChI=1S/C7H11NS.C6H10N2O.C6H10N2S.3C6H9NO.2C6H9NS.6C2H6/c1-7(2,3)6-4-8-5-9-6;2*1-4(2)6-7-5(3)8-9-6;1-5(2)6-3-8-4-7-6;1-5(2)6-3-7-4-8-6;1-5(2)6-7-3-4-8-6;1-5(2)6-3-8-4-7-6;1-5(2)6-7-3-4-8-6;6*1-2/h4-5H,1-3H3;2*4H,1-3H3;5*3-5H,1-2H3;6*1-2H3. The predicted molar refractivity (Wildman–Crippen MR) is 345 cm³/mol. The predicted octanol–water partition coefficient (Wildman–Crippen LogP) is 22.0. The highest BCUT2D eigenvalue weighted by Crippen LogP contribution is 2.25. The first-order valence-electron chi connectivity index (χ1n) is 28.5. The zero-order chi connectivity index (χ0) is 62.5. The molecule has 0 amide bonds. The average molecular weight is 1180 g/mol. The number of hydrogen-bond donors (Lipinski definition) is 0. The average Bonchev–Trinajstić information content (AvgIpc) is 4.30. The van der Waals surface area contributed by atoms with Crippen LogP contribution in [0, 0.1) is 13.8 Å². The van der Waals surface area contributed by atoms with E-state index in [1.807, 2.05) is 153 Å². The van der Waals surface area contributed by atoms with Crippen LogP contribution >= 0.6 is 45.5 Å². The molecule has 0 fully saturated rings. The summed E-state index contributed by atoms with van der Waals surface area (Å²) in [4.78, 5) is 33.6. The Kier molecular flexibility index (Phi) is 61.1. The van der Waals surface area contributed by atoms with Gasteiger partial charge < -0.3 is 17.8 Å². The molecule has 0 spiro atoms. The fraction of sp³-hybridized carbons (Fsp3) is 0.639. The zero-order valence-electron chi connectivity index (χ0n) is 55.2. The minimum atomic E-state index is 0.279. The number of hydrogen-bond acceptors (Lipinski definition) is 18. The Bertz CT molecular complexity index is 1990. The van der Waals surface area contributed by atoms with Crippen molar-refractivity contribution in [1.82, 2.24) is 49.4 Å². The molecule has 0 N–H and O–H groups in total. The number of rotatable bonds is 7. The molecular formula is C61H112N10O4S4. The van der Waals surface area contributed by atoms with E-state index in [1.165, 1.54) is 39.9 Å². The lowest BCUT2D eigenvalue weighted by atomic mass is 9.96. The molecule has 79 heavy (non-hydrogen) atoms. The Balaban J connectivity index is -0.000000187. The van der Waals surface area contributed by atoms with Crippen LogP contribution in [0.3, 0.4) is 0 Å². The van der Waals surface area contributed by atoms with Gasteiger partial charge in [0.25, 0.3) is 0 Å². The van der Waals surface area contributed by atoms with Gasteiger partial charge in [-0.3, -0.25) is 4.98 Å². The highest BCUT2D eigenvalue weighted by Gasteiger charge is 2.14. The second-order valence-electron chi connectivity index (χ2n) is 18.0. The molecular weight excluding hydrogens is 1070 g/mol. The maximum atomic E-state index is 4.98. The SMILES string of the molecule is CC.CC.CC.CC.CC.CC.CC(C)(C)c1cncs1.CC(C)c1cnco1.CC(C)c1cocn1.CC(C)c1cscn1.CC(C)c1ncco1.CC(C)c1nccs1.Cc1noc(C(C)C)n1.Cc1nsc(C(C)C)n1. The molecule has 0 aliphatic heterocycles. The Labute approximate surface area is 498 Å². The van der Waals surface area contributed by atoms with Crippen LogP contribution in [-0.2, 0) is 5.41 Å². The molecule has 8 aromatic heterocycles. The molecule has 0 atom stereocenters. The van der Waals surface area contributed by atoms with Crippen LogP contribution < -0.4 is 0 Å². The van der Waals surface area contributed by atoms with Crippen molar-refractivity contribution in [3.8, 4) is 0 Å². The second-order valence-corrected chi connectivity index (χ2v) is 21.3. The first-order valence-corrected chi connectivity index (χ1v) is 31.9. The van der Waals surface area contributed by atoms with E-state index < -0.39 is 0 Å². The fourth-order valence-corrected chi connectivity index (χ4v) is 6.98. The van der Waals surface area contributed by atoms with Crippen molar-refractivity contribution in [3.05, 3.63) is 127 Å². The fourth-order valence-electron chi connectivity index (χ4n) is 4.25. The summed E-state index contributed by atoms with van der Waals surface area (Å²) in [7, 11) is 0. The van der Waals surface area contributed by atoms with Crippen LogP contribution in [0.1, 0.15) is 298 Å². The minimum Gasteiger partial charge on any atom is -0.451 e. The second kappa shape index (κ2) is 56.5. The molecule has 454 valence electrons. The van der Waals surface area contributed by atoms with Crippen molar-refractivity contribution in [2.24, 2.45) is 0 Å². The van der Waals surface area contributed by atoms with Crippen molar-refractivity contribution >= 4 is 45.5 Å². The Hall–Kier alpha value is -4.78. The Morgan fingerprint density at radius 3 is 1.27 bits per heavy atom. The summed E-state index contributed by atoms with van der Waals surface area (Å²) in [6.07, 6.45) is 13.4. The van der Waals surface area contributed by atoms with Crippen LogP contribution in [-0.4, -0.2) is 49.4 Å². The van der Waals surface area contributed by atoms with E-state index in [1.54, 1.807) is 58.9 Å². The molecule has 0 saturated heterocycles. The van der Waals surface area contributed by atoms with Crippen molar-refractivity contribution in [3.63, 3.8) is 0 Å². The molecule has 0 aromatic carbocycles. The Morgan fingerprint density at radius 2 is 1.06 bits per heavy atom. The maximum absolute atomic E-state index is 4.98. The lowest BCUT2D eigenvalue weighted by Crippen LogP contribution is -2.07. The van der Waals surface area contributed by atoms with E-state index in [0.717, 1.165) is 28.2 Å². The number of oxazole rings is 3. The summed E-state index contributed by atoms with van der Waals surface area (Å²) >= 11 is 6.59. The van der Waals surface area contributed by atoms with Crippen LogP contribution in [0.2, 0.25) is 0 Å². The number of nitrogens with zero attached hydrogens (tertiary/aromatic N) is 10.